The lowest BCUT2D eigenvalue weighted by molar-refractivity contribution is -0.139. The molecule has 9 heavy (non-hydrogen) atoms. The molecule has 0 saturated heterocycles. The molecule has 0 N–H and O–H groups in total. The Bertz CT molecular complexity index is 101. The third kappa shape index (κ3) is 5.82. The highest BCUT2D eigenvalue weighted by molar-refractivity contribution is 14.1. The molecule has 0 rings (SSSR count). The molecule has 0 fully saturated rings. The summed E-state index contributed by atoms with van der Waals surface area (Å²) in [5.41, 5.74) is 0. The number of halogens is 1. The molecule has 0 heterocycles. The zero-order valence-corrected chi connectivity index (χ0v) is 7.26. The fourth-order valence-electron chi connectivity index (χ4n) is 0.295. The van der Waals surface area contributed by atoms with E-state index >= 15 is 0 Å². The van der Waals surface area contributed by atoms with E-state index in [1.54, 1.807) is 6.08 Å². The minimum atomic E-state index is -0.155. The number of hydrogen-bond donors (Lipinski definition) is 0. The van der Waals surface area contributed by atoms with E-state index in [-0.39, 0.29) is 5.97 Å². The van der Waals surface area contributed by atoms with E-state index in [4.69, 9.17) is 4.74 Å². The van der Waals surface area contributed by atoms with Gasteiger partial charge in [0.1, 0.15) is 0 Å². The summed E-state index contributed by atoms with van der Waals surface area (Å²) in [5, 5.41) is 0. The van der Waals surface area contributed by atoms with Gasteiger partial charge < -0.3 is 4.74 Å². The predicted octanol–water partition coefficient (Wildman–Crippen LogP) is 1.54. The number of hydrogen-bond acceptors (Lipinski definition) is 2. The smallest absolute Gasteiger partial charge is 0.315 e. The molecule has 0 radical (unpaired) electrons. The summed E-state index contributed by atoms with van der Waals surface area (Å²) >= 11 is 1.96. The highest BCUT2D eigenvalue weighted by Crippen LogP contribution is 1.88. The molecule has 0 saturated carbocycles. The van der Waals surface area contributed by atoms with Gasteiger partial charge in [0.2, 0.25) is 0 Å². The van der Waals surface area contributed by atoms with Crippen LogP contribution in [0.4, 0.5) is 0 Å². The van der Waals surface area contributed by atoms with Gasteiger partial charge in [0, 0.05) is 0 Å². The van der Waals surface area contributed by atoms with Gasteiger partial charge in [-0.3, -0.25) is 4.79 Å². The summed E-state index contributed by atoms with van der Waals surface area (Å²) in [4.78, 5) is 10.4. The SMILES string of the molecule is C=CCCOC(=O)CI. The van der Waals surface area contributed by atoms with Crippen molar-refractivity contribution in [3.8, 4) is 0 Å². The quantitative estimate of drug-likeness (QED) is 0.245. The van der Waals surface area contributed by atoms with Crippen molar-refractivity contribution in [3.63, 3.8) is 0 Å². The number of carbonyl (C=O) groups excluding carboxylic acids is 1. The molecule has 2 nitrogen and oxygen atoms in total. The van der Waals surface area contributed by atoms with Crippen molar-refractivity contribution in [3.05, 3.63) is 12.7 Å². The molecule has 0 aliphatic carbocycles. The minimum absolute atomic E-state index is 0.155. The largest absolute Gasteiger partial charge is 0.465 e. The molecule has 0 aromatic rings. The Morgan fingerprint density at radius 3 is 2.89 bits per heavy atom. The maximum Gasteiger partial charge on any atom is 0.315 e. The Balaban J connectivity index is 3.06. The molecule has 0 aliphatic rings. The Labute approximate surface area is 68.4 Å². The Hall–Kier alpha value is -0.0600. The van der Waals surface area contributed by atoms with Gasteiger partial charge in [0.25, 0.3) is 0 Å². The average Bonchev–Trinajstić information content (AvgIpc) is 1.89. The first-order chi connectivity index (χ1) is 4.31. The van der Waals surface area contributed by atoms with E-state index < -0.39 is 0 Å². The molecule has 3 heteroatoms. The lowest BCUT2D eigenvalue weighted by atomic mass is 10.5. The van der Waals surface area contributed by atoms with Gasteiger partial charge in [0.05, 0.1) is 11.0 Å². The van der Waals surface area contributed by atoms with E-state index in [2.05, 4.69) is 6.58 Å². The molecule has 0 amide bonds. The van der Waals surface area contributed by atoms with Gasteiger partial charge in [-0.15, -0.1) is 6.58 Å². The Morgan fingerprint density at radius 1 is 1.78 bits per heavy atom. The molecule has 52 valence electrons. The fourth-order valence-corrected chi connectivity index (χ4v) is 0.515. The van der Waals surface area contributed by atoms with Gasteiger partial charge in [-0.2, -0.15) is 0 Å². The van der Waals surface area contributed by atoms with E-state index in [9.17, 15) is 4.79 Å². The number of alkyl halides is 1. The first kappa shape index (κ1) is 8.94. The second-order valence-electron chi connectivity index (χ2n) is 1.43. The minimum Gasteiger partial charge on any atom is -0.465 e. The number of esters is 1. The molecule has 0 bridgehead atoms. The van der Waals surface area contributed by atoms with E-state index in [1.165, 1.54) is 0 Å². The zero-order chi connectivity index (χ0) is 7.11. The first-order valence-electron chi connectivity index (χ1n) is 2.63. The summed E-state index contributed by atoms with van der Waals surface area (Å²) < 4.78 is 5.14. The van der Waals surface area contributed by atoms with Gasteiger partial charge in [-0.1, -0.05) is 28.7 Å². The van der Waals surface area contributed by atoms with Crippen LogP contribution in [0.2, 0.25) is 0 Å². The van der Waals surface area contributed by atoms with Crippen molar-refractivity contribution in [2.75, 3.05) is 11.0 Å². The van der Waals surface area contributed by atoms with Crippen molar-refractivity contribution in [1.82, 2.24) is 0 Å². The monoisotopic (exact) mass is 240 g/mol. The van der Waals surface area contributed by atoms with Crippen LogP contribution >= 0.6 is 22.6 Å². The number of rotatable bonds is 4. The average molecular weight is 240 g/mol. The highest BCUT2D eigenvalue weighted by atomic mass is 127. The van der Waals surface area contributed by atoms with Crippen LogP contribution in [0.5, 0.6) is 0 Å². The summed E-state index contributed by atoms with van der Waals surface area (Å²) in [6.45, 7) is 3.95. The van der Waals surface area contributed by atoms with Crippen molar-refractivity contribution in [2.24, 2.45) is 0 Å². The molecule has 0 aromatic heterocycles. The lowest BCUT2D eigenvalue weighted by Gasteiger charge is -1.97. The summed E-state index contributed by atoms with van der Waals surface area (Å²) in [6.07, 6.45) is 2.46. The van der Waals surface area contributed by atoms with Gasteiger partial charge in [-0.05, 0) is 6.42 Å². The van der Waals surface area contributed by atoms with Crippen LogP contribution in [-0.2, 0) is 9.53 Å². The molecule has 0 aromatic carbocycles. The standard InChI is InChI=1S/C6H9IO2/c1-2-3-4-9-6(8)5-7/h2H,1,3-5H2. The summed E-state index contributed by atoms with van der Waals surface area (Å²) in [5.74, 6) is -0.155. The normalized spacial score (nSPS) is 8.56. The van der Waals surface area contributed by atoms with Crippen LogP contribution in [0.25, 0.3) is 0 Å². The van der Waals surface area contributed by atoms with Crippen LogP contribution in [0.15, 0.2) is 12.7 Å². The summed E-state index contributed by atoms with van der Waals surface area (Å²) in [6, 6.07) is 0. The lowest BCUT2D eigenvalue weighted by Crippen LogP contribution is -2.05. The van der Waals surface area contributed by atoms with Crippen molar-refractivity contribution in [1.29, 1.82) is 0 Å². The fraction of sp³-hybridized carbons (Fsp3) is 0.500. The molecular weight excluding hydrogens is 231 g/mol. The zero-order valence-electron chi connectivity index (χ0n) is 5.10. The number of carbonyl (C=O) groups is 1. The first-order valence-corrected chi connectivity index (χ1v) is 4.16. The van der Waals surface area contributed by atoms with Gasteiger partial charge >= 0.3 is 5.97 Å². The van der Waals surface area contributed by atoms with E-state index in [1.807, 2.05) is 22.6 Å². The van der Waals surface area contributed by atoms with Gasteiger partial charge in [-0.25, -0.2) is 0 Å². The van der Waals surface area contributed by atoms with Crippen molar-refractivity contribution in [2.45, 2.75) is 6.42 Å². The van der Waals surface area contributed by atoms with Crippen LogP contribution in [-0.4, -0.2) is 17.0 Å². The van der Waals surface area contributed by atoms with Gasteiger partial charge in [0.15, 0.2) is 0 Å². The topological polar surface area (TPSA) is 26.3 Å². The van der Waals surface area contributed by atoms with E-state index in [0.717, 1.165) is 6.42 Å². The molecular formula is C6H9IO2. The molecule has 0 atom stereocenters. The molecule has 0 aliphatic heterocycles. The van der Waals surface area contributed by atoms with Crippen LogP contribution in [0.3, 0.4) is 0 Å². The summed E-state index contributed by atoms with van der Waals surface area (Å²) in [7, 11) is 0. The third-order valence-electron chi connectivity index (χ3n) is 0.694. The van der Waals surface area contributed by atoms with E-state index in [0.29, 0.717) is 11.0 Å². The maximum absolute atomic E-state index is 10.4. The van der Waals surface area contributed by atoms with Crippen LogP contribution in [0, 0.1) is 0 Å². The van der Waals surface area contributed by atoms with Crippen LogP contribution in [0.1, 0.15) is 6.42 Å². The molecule has 0 spiro atoms. The highest BCUT2D eigenvalue weighted by Gasteiger charge is 1.95. The Morgan fingerprint density at radius 2 is 2.44 bits per heavy atom. The van der Waals surface area contributed by atoms with Crippen molar-refractivity contribution >= 4 is 28.6 Å². The second kappa shape index (κ2) is 6.07. The third-order valence-corrected chi connectivity index (χ3v) is 1.32. The second-order valence-corrected chi connectivity index (χ2v) is 2.19. The number of ether oxygens (including phenoxy) is 1. The maximum atomic E-state index is 10.4. The predicted molar refractivity (Wildman–Crippen MR) is 44.7 cm³/mol. The molecule has 0 unspecified atom stereocenters. The van der Waals surface area contributed by atoms with Crippen LogP contribution < -0.4 is 0 Å². The Kier molecular flexibility index (Phi) is 6.03. The van der Waals surface area contributed by atoms with Crippen molar-refractivity contribution < 1.29 is 9.53 Å².